The first-order valence-corrected chi connectivity index (χ1v) is 10.6. The van der Waals surface area contributed by atoms with Gasteiger partial charge in [-0.3, -0.25) is 4.79 Å². The van der Waals surface area contributed by atoms with Crippen LogP contribution >= 0.6 is 50.9 Å². The van der Waals surface area contributed by atoms with E-state index >= 15 is 0 Å². The molecule has 0 saturated heterocycles. The molecule has 4 N–H and O–H groups in total. The predicted molar refractivity (Wildman–Crippen MR) is 121 cm³/mol. The zero-order valence-corrected chi connectivity index (χ0v) is 18.6. The topological polar surface area (TPSA) is 110 Å². The number of nitrogens with one attached hydrogen (secondary N) is 2. The van der Waals surface area contributed by atoms with Crippen LogP contribution in [0.15, 0.2) is 57.2 Å². The highest BCUT2D eigenvalue weighted by molar-refractivity contribution is 9.10. The van der Waals surface area contributed by atoms with Gasteiger partial charge in [-0.05, 0) is 24.3 Å². The van der Waals surface area contributed by atoms with E-state index in [1.54, 1.807) is 30.3 Å². The molecule has 3 aromatic rings. The second kappa shape index (κ2) is 9.97. The van der Waals surface area contributed by atoms with Crippen molar-refractivity contribution in [3.05, 3.63) is 62.5 Å². The van der Waals surface area contributed by atoms with Crippen molar-refractivity contribution in [3.8, 4) is 0 Å². The summed E-state index contributed by atoms with van der Waals surface area (Å²) in [6.07, 6.45) is 1.49. The number of hydrogen-bond acceptors (Lipinski definition) is 7. The molecule has 0 aliphatic heterocycles. The fourth-order valence-corrected chi connectivity index (χ4v) is 3.54. The van der Waals surface area contributed by atoms with Crippen LogP contribution in [0, 0.1) is 0 Å². The van der Waals surface area contributed by atoms with Gasteiger partial charge >= 0.3 is 0 Å². The number of benzene rings is 2. The van der Waals surface area contributed by atoms with E-state index in [0.29, 0.717) is 26.5 Å². The van der Waals surface area contributed by atoms with Crippen LogP contribution in [0.25, 0.3) is 0 Å². The highest BCUT2D eigenvalue weighted by Crippen LogP contribution is 2.24. The van der Waals surface area contributed by atoms with Crippen molar-refractivity contribution in [3.63, 3.8) is 0 Å². The average molecular weight is 515 g/mol. The van der Waals surface area contributed by atoms with Gasteiger partial charge in [-0.25, -0.2) is 10.1 Å². The fraction of sp³-hybridized carbons (Fsp3) is 0.0588. The first-order chi connectivity index (χ1) is 13.9. The Bertz CT molecular complexity index is 1060. The minimum absolute atomic E-state index is 0.114. The van der Waals surface area contributed by atoms with Crippen LogP contribution in [-0.2, 0) is 4.79 Å². The molecule has 2 aromatic carbocycles. The molecule has 0 saturated carbocycles. The monoisotopic (exact) mass is 513 g/mol. The van der Waals surface area contributed by atoms with E-state index in [4.69, 9.17) is 29.0 Å². The number of halogens is 3. The molecule has 1 aromatic heterocycles. The largest absolute Gasteiger partial charge is 0.334 e. The Balaban J connectivity index is 1.55. The lowest BCUT2D eigenvalue weighted by atomic mass is 10.2. The van der Waals surface area contributed by atoms with Crippen LogP contribution in [0.4, 0.5) is 11.6 Å². The van der Waals surface area contributed by atoms with E-state index < -0.39 is 0 Å². The van der Waals surface area contributed by atoms with Crippen LogP contribution < -0.4 is 16.6 Å². The summed E-state index contributed by atoms with van der Waals surface area (Å²) >= 11 is 16.6. The fourth-order valence-electron chi connectivity index (χ4n) is 2.12. The van der Waals surface area contributed by atoms with Gasteiger partial charge in [-0.2, -0.15) is 5.10 Å². The molecule has 0 spiro atoms. The molecule has 150 valence electrons. The minimum Gasteiger partial charge on any atom is -0.334 e. The number of nitrogens with two attached hydrogens (primary N) is 1. The Hall–Kier alpha value is -2.27. The molecule has 0 fully saturated rings. The Labute approximate surface area is 189 Å². The molecule has 8 nitrogen and oxygen atoms in total. The Kier molecular flexibility index (Phi) is 7.37. The summed E-state index contributed by atoms with van der Waals surface area (Å²) in [5.41, 5.74) is 4.00. The molecule has 0 atom stereocenters. The number of carbonyl (C=O) groups is 1. The lowest BCUT2D eigenvalue weighted by Crippen LogP contribution is -2.16. The van der Waals surface area contributed by atoms with Gasteiger partial charge in [0.25, 0.3) is 5.95 Å². The van der Waals surface area contributed by atoms with Crippen LogP contribution in [0.2, 0.25) is 10.0 Å². The minimum atomic E-state index is -0.195. The van der Waals surface area contributed by atoms with Gasteiger partial charge in [0.05, 0.1) is 22.0 Å². The molecule has 3 rings (SSSR count). The third-order valence-corrected chi connectivity index (χ3v) is 5.72. The van der Waals surface area contributed by atoms with E-state index in [-0.39, 0.29) is 17.6 Å². The zero-order chi connectivity index (χ0) is 20.8. The number of aromatic nitrogens is 3. The summed E-state index contributed by atoms with van der Waals surface area (Å²) in [5.74, 6) is 6.07. The summed E-state index contributed by atoms with van der Waals surface area (Å²) in [6, 6.07) is 12.5. The second-order valence-electron chi connectivity index (χ2n) is 5.54. The first-order valence-electron chi connectivity index (χ1n) is 8.06. The lowest BCUT2D eigenvalue weighted by Gasteiger charge is -2.05. The molecule has 0 radical (unpaired) electrons. The molecule has 0 unspecified atom stereocenters. The van der Waals surface area contributed by atoms with Gasteiger partial charge < -0.3 is 11.2 Å². The number of thioether (sulfide) groups is 1. The average Bonchev–Trinajstić information content (AvgIpc) is 3.03. The Morgan fingerprint density at radius 1 is 1.28 bits per heavy atom. The van der Waals surface area contributed by atoms with Crippen molar-refractivity contribution in [2.24, 2.45) is 5.10 Å². The molecule has 0 aliphatic carbocycles. The number of amides is 1. The lowest BCUT2D eigenvalue weighted by molar-refractivity contribution is -0.113. The standard InChI is InChI=1S/C17H14BrCl2N7OS/c18-11-4-2-5-12(7-11)23-14(28)9-29-17-26-25-16(27(17)21)24-22-8-10-3-1-6-13(19)15(10)20/h1-8H,9,21H2,(H,23,28)(H,24,25)/b22-8+. The number of carbonyl (C=O) groups excluding carboxylic acids is 1. The summed E-state index contributed by atoms with van der Waals surface area (Å²) in [7, 11) is 0. The van der Waals surface area contributed by atoms with Gasteiger partial charge in [0, 0.05) is 15.7 Å². The quantitative estimate of drug-likeness (QED) is 0.188. The predicted octanol–water partition coefficient (Wildman–Crippen LogP) is 4.24. The van der Waals surface area contributed by atoms with E-state index in [1.165, 1.54) is 10.9 Å². The number of nitrogens with zero attached hydrogens (tertiary/aromatic N) is 4. The van der Waals surface area contributed by atoms with Crippen molar-refractivity contribution in [1.29, 1.82) is 0 Å². The highest BCUT2D eigenvalue weighted by atomic mass is 79.9. The number of anilines is 2. The maximum atomic E-state index is 12.1. The number of rotatable bonds is 7. The van der Waals surface area contributed by atoms with Gasteiger partial charge in [-0.1, -0.05) is 69.1 Å². The van der Waals surface area contributed by atoms with E-state index in [0.717, 1.165) is 16.2 Å². The van der Waals surface area contributed by atoms with Crippen molar-refractivity contribution >= 4 is 74.7 Å². The molecular formula is C17H14BrCl2N7OS. The summed E-state index contributed by atoms with van der Waals surface area (Å²) in [4.78, 5) is 12.1. The van der Waals surface area contributed by atoms with Crippen LogP contribution in [0.3, 0.4) is 0 Å². The highest BCUT2D eigenvalue weighted by Gasteiger charge is 2.12. The number of hydrogen-bond donors (Lipinski definition) is 3. The number of hydrazone groups is 1. The Morgan fingerprint density at radius 3 is 2.86 bits per heavy atom. The van der Waals surface area contributed by atoms with Crippen molar-refractivity contribution in [2.75, 3.05) is 22.3 Å². The van der Waals surface area contributed by atoms with Gasteiger partial charge in [0.15, 0.2) is 0 Å². The van der Waals surface area contributed by atoms with Crippen molar-refractivity contribution in [1.82, 2.24) is 14.9 Å². The third-order valence-electron chi connectivity index (χ3n) is 3.45. The smallest absolute Gasteiger partial charge is 0.264 e. The van der Waals surface area contributed by atoms with E-state index in [2.05, 4.69) is 42.0 Å². The summed E-state index contributed by atoms with van der Waals surface area (Å²) < 4.78 is 2.08. The van der Waals surface area contributed by atoms with Crippen LogP contribution in [0.1, 0.15) is 5.56 Å². The molecular weight excluding hydrogens is 501 g/mol. The van der Waals surface area contributed by atoms with Crippen molar-refractivity contribution in [2.45, 2.75) is 5.16 Å². The first kappa shape index (κ1) is 21.4. The SMILES string of the molecule is Nn1c(N/N=C/c2cccc(Cl)c2Cl)nnc1SCC(=O)Nc1cccc(Br)c1. The maximum Gasteiger partial charge on any atom is 0.264 e. The Morgan fingerprint density at radius 2 is 2.07 bits per heavy atom. The molecule has 0 bridgehead atoms. The zero-order valence-electron chi connectivity index (χ0n) is 14.6. The van der Waals surface area contributed by atoms with E-state index in [9.17, 15) is 4.79 Å². The van der Waals surface area contributed by atoms with Crippen LogP contribution in [-0.4, -0.2) is 32.7 Å². The van der Waals surface area contributed by atoms with Gasteiger partial charge in [-0.15, -0.1) is 10.2 Å². The maximum absolute atomic E-state index is 12.1. The summed E-state index contributed by atoms with van der Waals surface area (Å²) in [5, 5.41) is 15.8. The number of nitrogen functional groups attached to an aromatic ring is 1. The van der Waals surface area contributed by atoms with Gasteiger partial charge in [0.1, 0.15) is 0 Å². The summed E-state index contributed by atoms with van der Waals surface area (Å²) in [6.45, 7) is 0. The third kappa shape index (κ3) is 5.86. The molecule has 12 heteroatoms. The van der Waals surface area contributed by atoms with Crippen LogP contribution in [0.5, 0.6) is 0 Å². The normalized spacial score (nSPS) is 11.0. The second-order valence-corrected chi connectivity index (χ2v) is 8.18. The molecule has 29 heavy (non-hydrogen) atoms. The molecule has 1 heterocycles. The van der Waals surface area contributed by atoms with Gasteiger partial charge in [0.2, 0.25) is 11.1 Å². The molecule has 0 aliphatic rings. The molecule has 1 amide bonds. The van der Waals surface area contributed by atoms with Crippen molar-refractivity contribution < 1.29 is 4.79 Å². The van der Waals surface area contributed by atoms with E-state index in [1.807, 2.05) is 12.1 Å².